The Morgan fingerprint density at radius 2 is 1.85 bits per heavy atom. The Balaban J connectivity index is 2.26. The van der Waals surface area contributed by atoms with Crippen LogP contribution in [0.15, 0.2) is 42.5 Å². The molecule has 0 bridgehead atoms. The fourth-order valence-corrected chi connectivity index (χ4v) is 2.59. The monoisotopic (exact) mass is 311 g/mol. The molecule has 0 aliphatic rings. The second-order valence-electron chi connectivity index (χ2n) is 4.61. The molecule has 0 fully saturated rings. The van der Waals surface area contributed by atoms with E-state index in [1.54, 1.807) is 12.1 Å². The van der Waals surface area contributed by atoms with Crippen LogP contribution in [0.1, 0.15) is 24.1 Å². The fourth-order valence-electron chi connectivity index (χ4n) is 2.22. The number of rotatable bonds is 5. The minimum atomic E-state index is -0.287. The third-order valence-corrected chi connectivity index (χ3v) is 3.59. The molecule has 0 radical (unpaired) electrons. The molecular formula is C16H16Cl2FN. The highest BCUT2D eigenvalue weighted by Crippen LogP contribution is 2.24. The zero-order valence-corrected chi connectivity index (χ0v) is 12.7. The van der Waals surface area contributed by atoms with Gasteiger partial charge in [-0.05, 0) is 42.8 Å². The van der Waals surface area contributed by atoms with E-state index in [2.05, 4.69) is 5.32 Å². The normalized spacial score (nSPS) is 12.4. The number of likely N-dealkylation sites (N-methyl/N-ethyl adjacent to an activating group) is 1. The van der Waals surface area contributed by atoms with Crippen molar-refractivity contribution >= 4 is 23.2 Å². The van der Waals surface area contributed by atoms with Crippen molar-refractivity contribution in [3.8, 4) is 0 Å². The van der Waals surface area contributed by atoms with Crippen molar-refractivity contribution < 1.29 is 4.39 Å². The average Bonchev–Trinajstić information content (AvgIpc) is 2.38. The molecule has 0 amide bonds. The van der Waals surface area contributed by atoms with Gasteiger partial charge in [0.2, 0.25) is 0 Å². The second-order valence-corrected chi connectivity index (χ2v) is 5.48. The second kappa shape index (κ2) is 7.07. The van der Waals surface area contributed by atoms with Crippen LogP contribution >= 0.6 is 23.2 Å². The number of hydrogen-bond donors (Lipinski definition) is 1. The Morgan fingerprint density at radius 3 is 2.50 bits per heavy atom. The van der Waals surface area contributed by atoms with E-state index in [0.29, 0.717) is 22.0 Å². The van der Waals surface area contributed by atoms with Gasteiger partial charge in [-0.25, -0.2) is 4.39 Å². The minimum absolute atomic E-state index is 0.101. The molecule has 2 aromatic rings. The quantitative estimate of drug-likeness (QED) is 0.817. The Hall–Kier alpha value is -1.09. The summed E-state index contributed by atoms with van der Waals surface area (Å²) >= 11 is 11.8. The predicted molar refractivity (Wildman–Crippen MR) is 83.0 cm³/mol. The van der Waals surface area contributed by atoms with Crippen molar-refractivity contribution in [1.82, 2.24) is 5.32 Å². The molecule has 20 heavy (non-hydrogen) atoms. The van der Waals surface area contributed by atoms with Crippen molar-refractivity contribution in [2.24, 2.45) is 0 Å². The minimum Gasteiger partial charge on any atom is -0.310 e. The number of halogens is 3. The summed E-state index contributed by atoms with van der Waals surface area (Å²) in [4.78, 5) is 0. The predicted octanol–water partition coefficient (Wildman–Crippen LogP) is 5.03. The van der Waals surface area contributed by atoms with E-state index in [1.165, 1.54) is 6.07 Å². The van der Waals surface area contributed by atoms with E-state index >= 15 is 0 Å². The molecule has 4 heteroatoms. The van der Waals surface area contributed by atoms with Gasteiger partial charge in [0.25, 0.3) is 0 Å². The van der Waals surface area contributed by atoms with Gasteiger partial charge in [0, 0.05) is 21.7 Å². The van der Waals surface area contributed by atoms with Crippen LogP contribution < -0.4 is 5.32 Å². The smallest absolute Gasteiger partial charge is 0.129 e. The highest BCUT2D eigenvalue weighted by molar-refractivity contribution is 6.30. The Labute approximate surface area is 128 Å². The molecule has 2 rings (SSSR count). The first-order chi connectivity index (χ1) is 9.60. The molecule has 0 aliphatic carbocycles. The van der Waals surface area contributed by atoms with E-state index in [1.807, 2.05) is 31.2 Å². The van der Waals surface area contributed by atoms with Crippen molar-refractivity contribution in [3.05, 3.63) is 69.5 Å². The molecule has 1 nitrogen and oxygen atoms in total. The molecular weight excluding hydrogens is 296 g/mol. The Morgan fingerprint density at radius 1 is 1.10 bits per heavy atom. The highest BCUT2D eigenvalue weighted by atomic mass is 35.5. The molecule has 106 valence electrons. The van der Waals surface area contributed by atoms with Gasteiger partial charge < -0.3 is 5.32 Å². The van der Waals surface area contributed by atoms with Gasteiger partial charge in [-0.15, -0.1) is 0 Å². The third-order valence-electron chi connectivity index (χ3n) is 3.12. The molecule has 0 aliphatic heterocycles. The summed E-state index contributed by atoms with van der Waals surface area (Å²) < 4.78 is 14.1. The molecule has 0 heterocycles. The highest BCUT2D eigenvalue weighted by Gasteiger charge is 2.15. The van der Waals surface area contributed by atoms with Crippen molar-refractivity contribution in [1.29, 1.82) is 0 Å². The van der Waals surface area contributed by atoms with Crippen LogP contribution in [0, 0.1) is 5.82 Å². The maximum atomic E-state index is 14.1. The molecule has 0 saturated heterocycles. The van der Waals surface area contributed by atoms with Crippen LogP contribution in [-0.4, -0.2) is 6.54 Å². The van der Waals surface area contributed by atoms with Crippen molar-refractivity contribution in [2.75, 3.05) is 6.54 Å². The van der Waals surface area contributed by atoms with Gasteiger partial charge in [0.15, 0.2) is 0 Å². The Bertz CT molecular complexity index is 586. The topological polar surface area (TPSA) is 12.0 Å². The van der Waals surface area contributed by atoms with E-state index in [-0.39, 0.29) is 11.9 Å². The fraction of sp³-hybridized carbons (Fsp3) is 0.250. The molecule has 0 spiro atoms. The molecule has 1 unspecified atom stereocenters. The van der Waals surface area contributed by atoms with Gasteiger partial charge in [-0.2, -0.15) is 0 Å². The molecule has 0 saturated carbocycles. The number of hydrogen-bond acceptors (Lipinski definition) is 1. The third kappa shape index (κ3) is 3.95. The summed E-state index contributed by atoms with van der Waals surface area (Å²) in [5.41, 5.74) is 1.69. The van der Waals surface area contributed by atoms with Crippen LogP contribution in [0.4, 0.5) is 4.39 Å². The van der Waals surface area contributed by atoms with Crippen LogP contribution in [0.3, 0.4) is 0 Å². The van der Waals surface area contributed by atoms with Gasteiger partial charge in [-0.3, -0.25) is 0 Å². The van der Waals surface area contributed by atoms with Crippen molar-refractivity contribution in [2.45, 2.75) is 19.4 Å². The van der Waals surface area contributed by atoms with E-state index in [0.717, 1.165) is 12.1 Å². The van der Waals surface area contributed by atoms with E-state index < -0.39 is 0 Å². The standard InChI is InChI=1S/C16H16Cl2FN/c1-2-20-16(9-11-4-3-5-12(17)8-11)14-7-6-13(18)10-15(14)19/h3-8,10,16,20H,2,9H2,1H3. The zero-order chi connectivity index (χ0) is 14.5. The summed E-state index contributed by atoms with van der Waals surface area (Å²) in [6, 6.07) is 12.3. The summed E-state index contributed by atoms with van der Waals surface area (Å²) in [5, 5.41) is 4.40. The maximum absolute atomic E-state index is 14.1. The van der Waals surface area contributed by atoms with Gasteiger partial charge in [0.05, 0.1) is 0 Å². The van der Waals surface area contributed by atoms with Crippen LogP contribution in [0.25, 0.3) is 0 Å². The number of nitrogens with one attached hydrogen (secondary N) is 1. The summed E-state index contributed by atoms with van der Waals surface area (Å²) in [5.74, 6) is -0.287. The first-order valence-electron chi connectivity index (χ1n) is 6.53. The van der Waals surface area contributed by atoms with Crippen LogP contribution in [0.5, 0.6) is 0 Å². The summed E-state index contributed by atoms with van der Waals surface area (Å²) in [6.07, 6.45) is 0.674. The molecule has 1 N–H and O–H groups in total. The first kappa shape index (κ1) is 15.3. The molecule has 2 aromatic carbocycles. The lowest BCUT2D eigenvalue weighted by molar-refractivity contribution is 0.510. The Kier molecular flexibility index (Phi) is 5.41. The summed E-state index contributed by atoms with van der Waals surface area (Å²) in [7, 11) is 0. The maximum Gasteiger partial charge on any atom is 0.129 e. The molecule has 1 atom stereocenters. The van der Waals surface area contributed by atoms with E-state index in [9.17, 15) is 4.39 Å². The van der Waals surface area contributed by atoms with Crippen LogP contribution in [0.2, 0.25) is 10.0 Å². The van der Waals surface area contributed by atoms with Crippen molar-refractivity contribution in [3.63, 3.8) is 0 Å². The van der Waals surface area contributed by atoms with Gasteiger partial charge in [-0.1, -0.05) is 48.3 Å². The van der Waals surface area contributed by atoms with Crippen LogP contribution in [-0.2, 0) is 6.42 Å². The average molecular weight is 312 g/mol. The van der Waals surface area contributed by atoms with E-state index in [4.69, 9.17) is 23.2 Å². The summed E-state index contributed by atoms with van der Waals surface area (Å²) in [6.45, 7) is 2.76. The van der Waals surface area contributed by atoms with Gasteiger partial charge >= 0.3 is 0 Å². The lowest BCUT2D eigenvalue weighted by Gasteiger charge is -2.19. The first-order valence-corrected chi connectivity index (χ1v) is 7.28. The lowest BCUT2D eigenvalue weighted by atomic mass is 9.98. The molecule has 0 aromatic heterocycles. The van der Waals surface area contributed by atoms with Gasteiger partial charge in [0.1, 0.15) is 5.82 Å². The SMILES string of the molecule is CCNC(Cc1cccc(Cl)c1)c1ccc(Cl)cc1F. The lowest BCUT2D eigenvalue weighted by Crippen LogP contribution is -2.24. The zero-order valence-electron chi connectivity index (χ0n) is 11.2. The largest absolute Gasteiger partial charge is 0.310 e. The number of benzene rings is 2.